The lowest BCUT2D eigenvalue weighted by Gasteiger charge is -2.19. The molecule has 1 aromatic rings. The molecule has 21 heavy (non-hydrogen) atoms. The molecular weight excluding hydrogens is 272 g/mol. The number of esters is 1. The fraction of sp³-hybridized carbons (Fsp3) is 0.400. The van der Waals surface area contributed by atoms with Crippen LogP contribution >= 0.6 is 0 Å². The van der Waals surface area contributed by atoms with Crippen LogP contribution < -0.4 is 0 Å². The van der Waals surface area contributed by atoms with E-state index in [9.17, 15) is 9.59 Å². The van der Waals surface area contributed by atoms with Crippen molar-refractivity contribution >= 4 is 17.7 Å². The van der Waals surface area contributed by atoms with Crippen LogP contribution in [-0.2, 0) is 9.57 Å². The van der Waals surface area contributed by atoms with E-state index in [0.717, 1.165) is 5.06 Å². The van der Waals surface area contributed by atoms with Crippen molar-refractivity contribution in [1.29, 1.82) is 0 Å². The second-order valence-corrected chi connectivity index (χ2v) is 5.64. The first kappa shape index (κ1) is 15.2. The first-order valence-corrected chi connectivity index (χ1v) is 6.49. The first-order valence-electron chi connectivity index (χ1n) is 6.49. The summed E-state index contributed by atoms with van der Waals surface area (Å²) in [5.74, 6) is -0.362. The van der Waals surface area contributed by atoms with Crippen molar-refractivity contribution in [2.45, 2.75) is 26.3 Å². The van der Waals surface area contributed by atoms with Crippen LogP contribution in [-0.4, -0.2) is 42.5 Å². The van der Waals surface area contributed by atoms with Crippen LogP contribution in [0.1, 0.15) is 47.1 Å². The Balaban J connectivity index is 2.61. The van der Waals surface area contributed by atoms with Crippen molar-refractivity contribution in [3.05, 3.63) is 34.9 Å². The van der Waals surface area contributed by atoms with E-state index >= 15 is 0 Å². The Hall–Kier alpha value is -2.21. The molecule has 0 unspecified atom stereocenters. The third-order valence-electron chi connectivity index (χ3n) is 2.91. The molecule has 1 aromatic carbocycles. The van der Waals surface area contributed by atoms with Crippen molar-refractivity contribution in [3.8, 4) is 0 Å². The Labute approximate surface area is 123 Å². The van der Waals surface area contributed by atoms with Crippen molar-refractivity contribution < 1.29 is 19.2 Å². The predicted molar refractivity (Wildman–Crippen MR) is 77.3 cm³/mol. The van der Waals surface area contributed by atoms with Gasteiger partial charge in [-0.25, -0.2) is 4.79 Å². The summed E-state index contributed by atoms with van der Waals surface area (Å²) in [5, 5.41) is 1.14. The lowest BCUT2D eigenvalue weighted by atomic mass is 10.0. The average molecular weight is 290 g/mol. The summed E-state index contributed by atoms with van der Waals surface area (Å²) in [7, 11) is 2.72. The number of ether oxygens (including phenoxy) is 1. The zero-order valence-corrected chi connectivity index (χ0v) is 12.8. The maximum Gasteiger partial charge on any atom is 0.337 e. The van der Waals surface area contributed by atoms with E-state index < -0.39 is 11.5 Å². The van der Waals surface area contributed by atoms with Gasteiger partial charge in [0.1, 0.15) is 0 Å². The predicted octanol–water partition coefficient (Wildman–Crippen LogP) is 2.04. The largest absolute Gasteiger partial charge is 0.465 e. The van der Waals surface area contributed by atoms with Crippen molar-refractivity contribution in [2.75, 3.05) is 14.2 Å². The molecular formula is C15H18N2O4. The zero-order chi connectivity index (χ0) is 15.8. The highest BCUT2D eigenvalue weighted by Gasteiger charge is 2.36. The summed E-state index contributed by atoms with van der Waals surface area (Å²) < 4.78 is 4.70. The topological polar surface area (TPSA) is 68.2 Å². The van der Waals surface area contributed by atoms with Gasteiger partial charge in [-0.15, -0.1) is 0 Å². The van der Waals surface area contributed by atoms with Gasteiger partial charge in [-0.1, -0.05) is 0 Å². The van der Waals surface area contributed by atoms with Crippen LogP contribution in [0.25, 0.3) is 0 Å². The molecule has 0 N–H and O–H groups in total. The van der Waals surface area contributed by atoms with Crippen molar-refractivity contribution in [2.24, 2.45) is 4.99 Å². The van der Waals surface area contributed by atoms with Crippen LogP contribution in [0, 0.1) is 0 Å². The molecule has 1 aliphatic heterocycles. The number of carbonyl (C=O) groups is 2. The number of nitrogens with zero attached hydrogens (tertiary/aromatic N) is 2. The van der Waals surface area contributed by atoms with Gasteiger partial charge in [0.15, 0.2) is 5.84 Å². The Morgan fingerprint density at radius 1 is 1.19 bits per heavy atom. The molecule has 1 heterocycles. The van der Waals surface area contributed by atoms with E-state index in [2.05, 4.69) is 4.99 Å². The van der Waals surface area contributed by atoms with Crippen LogP contribution in [0.2, 0.25) is 0 Å². The van der Waals surface area contributed by atoms with E-state index in [1.54, 1.807) is 18.2 Å². The van der Waals surface area contributed by atoms with Gasteiger partial charge in [-0.3, -0.25) is 14.6 Å². The van der Waals surface area contributed by atoms with E-state index in [1.165, 1.54) is 14.2 Å². The number of amides is 1. The number of methoxy groups -OCH3 is 1. The lowest BCUT2D eigenvalue weighted by molar-refractivity contribution is -0.0375. The fourth-order valence-corrected chi connectivity index (χ4v) is 2.07. The average Bonchev–Trinajstić information content (AvgIpc) is 2.68. The van der Waals surface area contributed by atoms with Gasteiger partial charge in [-0.05, 0) is 39.0 Å². The van der Waals surface area contributed by atoms with Gasteiger partial charge in [0.05, 0.1) is 30.9 Å². The number of aliphatic imine (C=N–C) groups is 1. The van der Waals surface area contributed by atoms with E-state index in [1.807, 2.05) is 20.8 Å². The minimum absolute atomic E-state index is 0.299. The number of fused-ring (bicyclic) bond motifs is 1. The van der Waals surface area contributed by atoms with Crippen LogP contribution in [0.5, 0.6) is 0 Å². The minimum Gasteiger partial charge on any atom is -0.465 e. The van der Waals surface area contributed by atoms with Crippen molar-refractivity contribution in [3.63, 3.8) is 0 Å². The molecule has 0 saturated carbocycles. The van der Waals surface area contributed by atoms with Crippen LogP contribution in [0.15, 0.2) is 23.2 Å². The van der Waals surface area contributed by atoms with E-state index in [4.69, 9.17) is 9.57 Å². The minimum atomic E-state index is -0.462. The summed E-state index contributed by atoms with van der Waals surface area (Å²) >= 11 is 0. The van der Waals surface area contributed by atoms with Gasteiger partial charge in [0.25, 0.3) is 5.91 Å². The van der Waals surface area contributed by atoms with Crippen molar-refractivity contribution in [1.82, 2.24) is 5.06 Å². The molecule has 0 fully saturated rings. The first-order chi connectivity index (χ1) is 9.78. The second-order valence-electron chi connectivity index (χ2n) is 5.64. The Kier molecular flexibility index (Phi) is 3.82. The lowest BCUT2D eigenvalue weighted by Crippen LogP contribution is -2.31. The molecule has 0 saturated heterocycles. The summed E-state index contributed by atoms with van der Waals surface area (Å²) in [4.78, 5) is 33.6. The molecule has 1 amide bonds. The molecule has 2 rings (SSSR count). The quantitative estimate of drug-likeness (QED) is 0.782. The SMILES string of the molecule is COC(=O)c1ccc2c(c1)C(=NC(C)(C)C)N(OC)C2=O. The van der Waals surface area contributed by atoms with Crippen LogP contribution in [0.4, 0.5) is 0 Å². The number of hydroxylamine groups is 2. The normalized spacial score (nSPS) is 16.3. The third-order valence-corrected chi connectivity index (χ3v) is 2.91. The molecule has 0 atom stereocenters. The molecule has 0 bridgehead atoms. The molecule has 0 spiro atoms. The summed E-state index contributed by atoms with van der Waals surface area (Å²) in [6.07, 6.45) is 0. The van der Waals surface area contributed by atoms with Gasteiger partial charge < -0.3 is 4.74 Å². The van der Waals surface area contributed by atoms with E-state index in [0.29, 0.717) is 22.5 Å². The van der Waals surface area contributed by atoms with Gasteiger partial charge in [-0.2, -0.15) is 5.06 Å². The maximum atomic E-state index is 12.3. The third kappa shape index (κ3) is 2.80. The molecule has 0 aliphatic carbocycles. The smallest absolute Gasteiger partial charge is 0.337 e. The van der Waals surface area contributed by atoms with Gasteiger partial charge >= 0.3 is 5.97 Å². The molecule has 0 aromatic heterocycles. The Morgan fingerprint density at radius 3 is 2.38 bits per heavy atom. The Bertz CT molecular complexity index is 629. The maximum absolute atomic E-state index is 12.3. The Morgan fingerprint density at radius 2 is 1.86 bits per heavy atom. The molecule has 0 radical (unpaired) electrons. The molecule has 1 aliphatic rings. The standard InChI is InChI=1S/C15H18N2O4/c1-15(2,3)16-12-11-8-9(14(19)20-4)6-7-10(11)13(18)17(12)21-5/h6-8H,1-5H3. The highest BCUT2D eigenvalue weighted by Crippen LogP contribution is 2.27. The van der Waals surface area contributed by atoms with Crippen LogP contribution in [0.3, 0.4) is 0 Å². The highest BCUT2D eigenvalue weighted by atomic mass is 16.7. The number of amidine groups is 1. The summed E-state index contributed by atoms with van der Waals surface area (Å²) in [6.45, 7) is 5.75. The van der Waals surface area contributed by atoms with E-state index in [-0.39, 0.29) is 5.91 Å². The monoisotopic (exact) mass is 290 g/mol. The molecule has 6 nitrogen and oxygen atoms in total. The summed E-state index contributed by atoms with van der Waals surface area (Å²) in [5.41, 5.74) is 0.991. The summed E-state index contributed by atoms with van der Waals surface area (Å²) in [6, 6.07) is 4.74. The highest BCUT2D eigenvalue weighted by molar-refractivity contribution is 6.23. The van der Waals surface area contributed by atoms with Gasteiger partial charge in [0.2, 0.25) is 0 Å². The number of rotatable bonds is 2. The number of benzene rings is 1. The fourth-order valence-electron chi connectivity index (χ4n) is 2.07. The zero-order valence-electron chi connectivity index (χ0n) is 12.8. The second kappa shape index (κ2) is 5.29. The number of carbonyl (C=O) groups excluding carboxylic acids is 2. The van der Waals surface area contributed by atoms with Gasteiger partial charge in [0, 0.05) is 5.56 Å². The molecule has 6 heteroatoms. The number of hydrogen-bond donors (Lipinski definition) is 0. The molecule has 112 valence electrons. The number of hydrogen-bond acceptors (Lipinski definition) is 5.